The molecule has 3 fully saturated rings. The minimum absolute atomic E-state index is 0.00549. The molecule has 3 aliphatic heterocycles. The summed E-state index contributed by atoms with van der Waals surface area (Å²) in [7, 11) is 2.46. The van der Waals surface area contributed by atoms with E-state index >= 15 is 0 Å². The largest absolute Gasteiger partial charge is 0.497 e. The van der Waals surface area contributed by atoms with Crippen molar-refractivity contribution in [1.29, 1.82) is 0 Å². The molecule has 0 saturated carbocycles. The van der Waals surface area contributed by atoms with Gasteiger partial charge in [0.15, 0.2) is 16.6 Å². The molecule has 0 aromatic heterocycles. The molecule has 0 radical (unpaired) electrons. The van der Waals surface area contributed by atoms with Crippen LogP contribution in [0, 0.1) is 5.41 Å². The fourth-order valence-electron chi connectivity index (χ4n) is 10.2. The van der Waals surface area contributed by atoms with Gasteiger partial charge in [0.1, 0.15) is 12.5 Å². The van der Waals surface area contributed by atoms with Crippen LogP contribution in [0.1, 0.15) is 131 Å². The van der Waals surface area contributed by atoms with Gasteiger partial charge in [-0.1, -0.05) is 122 Å². The van der Waals surface area contributed by atoms with Crippen LogP contribution in [0.15, 0.2) is 90.6 Å². The van der Waals surface area contributed by atoms with Crippen molar-refractivity contribution in [2.45, 2.75) is 230 Å². The standard InChI is InChI=1S/C62H100BO14PSSi2/c1-43-31-50(73-51(32-43)36-53-38-55(76-80(14,15)59(3,4)5)37-52(74-53)35-49(28-30-72-63(78)79)70-41-46-23-25-48(66-11)26-24-46)27-29-61(9,10)62(68-13)58(65)47(34-57(64)67-12)33-54(75-62)39-56(77-81(16,17)60(6,7)8)44(2)71-42-69-40-45-21-19-18-20-22-45/h18-27,29,34,44,49-56,79H,1,28,30-33,35-42,78H2,2-17H3/b29-27+,47-34+/t44-,49+,50+,51+,52-,53+,54+,55+,56-,62-/m1/s1. The van der Waals surface area contributed by atoms with Crippen molar-refractivity contribution in [1.82, 2.24) is 0 Å². The van der Waals surface area contributed by atoms with Crippen molar-refractivity contribution < 1.29 is 65.7 Å². The number of Topliss-reactive ketones (excluding diaryl/α,β-unsaturated/α-hetero) is 1. The highest BCUT2D eigenvalue weighted by Gasteiger charge is 2.57. The van der Waals surface area contributed by atoms with Crippen molar-refractivity contribution in [3.05, 3.63) is 102 Å². The van der Waals surface area contributed by atoms with Crippen LogP contribution in [0.25, 0.3) is 0 Å². The van der Waals surface area contributed by atoms with Crippen molar-refractivity contribution >= 4 is 55.9 Å². The first kappa shape index (κ1) is 69.3. The number of rotatable bonds is 29. The fourth-order valence-corrected chi connectivity index (χ4v) is 13.3. The zero-order valence-electron chi connectivity index (χ0n) is 51.8. The van der Waals surface area contributed by atoms with Gasteiger partial charge in [-0.15, -0.1) is 9.12 Å². The molecular weight excluding hydrogens is 1100 g/mol. The maximum absolute atomic E-state index is 14.9. The number of thiol groups is 1. The van der Waals surface area contributed by atoms with Gasteiger partial charge in [-0.2, -0.15) is 12.5 Å². The molecule has 454 valence electrons. The first-order valence-corrected chi connectivity index (χ1v) is 36.0. The van der Waals surface area contributed by atoms with Crippen LogP contribution in [0.4, 0.5) is 0 Å². The van der Waals surface area contributed by atoms with E-state index in [0.29, 0.717) is 58.3 Å². The summed E-state index contributed by atoms with van der Waals surface area (Å²) in [5, 5.41) is -0.0895. The number of carbonyl (C=O) groups excluding carboxylic acids is 2. The summed E-state index contributed by atoms with van der Waals surface area (Å²) in [5.41, 5.74) is 2.30. The molecule has 5 rings (SSSR count). The Bertz CT molecular complexity index is 2360. The average molecular weight is 1200 g/mol. The molecule has 14 nitrogen and oxygen atoms in total. The van der Waals surface area contributed by atoms with E-state index < -0.39 is 57.9 Å². The average Bonchev–Trinajstić information content (AvgIpc) is 3.59. The van der Waals surface area contributed by atoms with Crippen LogP contribution < -0.4 is 4.74 Å². The Hall–Kier alpha value is -2.52. The topological polar surface area (TPSA) is 145 Å². The minimum Gasteiger partial charge on any atom is -0.497 e. The van der Waals surface area contributed by atoms with Crippen LogP contribution in [0.5, 0.6) is 5.75 Å². The molecule has 2 aromatic rings. The molecule has 3 aliphatic rings. The molecule has 81 heavy (non-hydrogen) atoms. The first-order valence-electron chi connectivity index (χ1n) is 29.0. The van der Waals surface area contributed by atoms with Crippen LogP contribution in [-0.4, -0.2) is 130 Å². The predicted molar refractivity (Wildman–Crippen MR) is 333 cm³/mol. The van der Waals surface area contributed by atoms with E-state index in [0.717, 1.165) is 35.3 Å². The molecule has 0 spiro atoms. The maximum atomic E-state index is 14.9. The Balaban J connectivity index is 1.37. The van der Waals surface area contributed by atoms with E-state index in [-0.39, 0.29) is 71.4 Å². The number of carbonyl (C=O) groups is 2. The van der Waals surface area contributed by atoms with E-state index in [2.05, 4.69) is 95.9 Å². The van der Waals surface area contributed by atoms with E-state index in [1.165, 1.54) is 20.3 Å². The molecule has 3 saturated heterocycles. The first-order chi connectivity index (χ1) is 37.9. The van der Waals surface area contributed by atoms with Gasteiger partial charge >= 0.3 is 11.9 Å². The second-order valence-electron chi connectivity index (χ2n) is 26.0. The van der Waals surface area contributed by atoms with Gasteiger partial charge < -0.3 is 56.1 Å². The van der Waals surface area contributed by atoms with Crippen LogP contribution in [0.2, 0.25) is 36.3 Å². The van der Waals surface area contributed by atoms with Crippen LogP contribution >= 0.6 is 21.6 Å². The van der Waals surface area contributed by atoms with Crippen LogP contribution in [-0.2, 0) is 74.2 Å². The molecule has 11 atom stereocenters. The molecule has 0 N–H and O–H groups in total. The highest BCUT2D eigenvalue weighted by atomic mass is 32.1. The smallest absolute Gasteiger partial charge is 0.380 e. The third-order valence-corrected chi connectivity index (χ3v) is 26.4. The number of esters is 1. The summed E-state index contributed by atoms with van der Waals surface area (Å²) in [4.78, 5) is 27.9. The summed E-state index contributed by atoms with van der Waals surface area (Å²) >= 11 is 4.43. The van der Waals surface area contributed by atoms with Crippen molar-refractivity contribution in [2.24, 2.45) is 5.41 Å². The number of ketones is 1. The van der Waals surface area contributed by atoms with E-state index in [4.69, 9.17) is 56.1 Å². The van der Waals surface area contributed by atoms with Gasteiger partial charge in [0.25, 0.3) is 0 Å². The summed E-state index contributed by atoms with van der Waals surface area (Å²) in [6, 6.07) is 17.9. The number of methoxy groups -OCH3 is 3. The second-order valence-corrected chi connectivity index (χ2v) is 37.1. The molecule has 0 bridgehead atoms. The summed E-state index contributed by atoms with van der Waals surface area (Å²) < 4.78 is 76.9. The monoisotopic (exact) mass is 1200 g/mol. The summed E-state index contributed by atoms with van der Waals surface area (Å²) in [6.07, 6.45) is 7.93. The Morgan fingerprint density at radius 1 is 0.840 bits per heavy atom. The molecule has 3 heterocycles. The van der Waals surface area contributed by atoms with Gasteiger partial charge in [-0.05, 0) is 105 Å². The third-order valence-electron chi connectivity index (χ3n) is 17.0. The molecule has 0 amide bonds. The highest BCUT2D eigenvalue weighted by molar-refractivity contribution is 8.23. The van der Waals surface area contributed by atoms with Gasteiger partial charge in [0, 0.05) is 56.1 Å². The number of hydrogen-bond acceptors (Lipinski definition) is 15. The third kappa shape index (κ3) is 20.6. The lowest BCUT2D eigenvalue weighted by molar-refractivity contribution is -0.279. The lowest BCUT2D eigenvalue weighted by atomic mass is 9.74. The Labute approximate surface area is 497 Å². The van der Waals surface area contributed by atoms with Gasteiger partial charge in [-0.3, -0.25) is 4.79 Å². The maximum Gasteiger partial charge on any atom is 0.380 e. The second kappa shape index (κ2) is 30.7. The zero-order valence-corrected chi connectivity index (χ0v) is 55.9. The predicted octanol–water partition coefficient (Wildman–Crippen LogP) is 13.3. The highest BCUT2D eigenvalue weighted by Crippen LogP contribution is 2.47. The van der Waals surface area contributed by atoms with E-state index in [9.17, 15) is 9.59 Å². The van der Waals surface area contributed by atoms with E-state index in [1.54, 1.807) is 7.11 Å². The van der Waals surface area contributed by atoms with Crippen molar-refractivity contribution in [3.8, 4) is 5.75 Å². The lowest BCUT2D eigenvalue weighted by Gasteiger charge is -2.49. The van der Waals surface area contributed by atoms with Gasteiger partial charge in [0.05, 0.1) is 76.3 Å². The van der Waals surface area contributed by atoms with E-state index in [1.807, 2.05) is 87.5 Å². The Morgan fingerprint density at radius 2 is 1.49 bits per heavy atom. The van der Waals surface area contributed by atoms with Crippen molar-refractivity contribution in [2.75, 3.05) is 34.7 Å². The minimum atomic E-state index is -2.39. The fraction of sp³-hybridized carbons (Fsp3) is 0.677. The van der Waals surface area contributed by atoms with Crippen LogP contribution in [0.3, 0.4) is 0 Å². The molecular formula is C62H100BO14PSSi2. The molecule has 19 heteroatoms. The normalized spacial score (nSPS) is 25.2. The Morgan fingerprint density at radius 3 is 2.11 bits per heavy atom. The molecule has 2 aromatic carbocycles. The molecule has 0 aliphatic carbocycles. The Kier molecular flexibility index (Phi) is 26.3. The molecule has 1 unspecified atom stereocenters. The zero-order chi connectivity index (χ0) is 60.0. The lowest BCUT2D eigenvalue weighted by Crippen LogP contribution is -2.60. The number of ether oxygens (including phenoxy) is 9. The van der Waals surface area contributed by atoms with Gasteiger partial charge in [-0.25, -0.2) is 4.79 Å². The van der Waals surface area contributed by atoms with Gasteiger partial charge in [0.2, 0.25) is 11.6 Å². The number of benzene rings is 2. The summed E-state index contributed by atoms with van der Waals surface area (Å²) in [6.45, 7) is 34.1. The quantitative estimate of drug-likeness (QED) is 0.0120. The van der Waals surface area contributed by atoms with Crippen molar-refractivity contribution in [3.63, 3.8) is 0 Å². The SMILES string of the molecule is C=C1C[C@@H](C[C@H]2C[C@@H](O[Si](C)(C)C(C)(C)C)C[C@@H](C[C@H](CCOB(P)S)OCc3ccc(OC)cc3)O2)O[C@@H](/C=C/C(C)(C)[C@]2(OC)O[C@H](C[C@@H](O[Si](C)(C)C(C)(C)C)[C@@H](C)OCOCc3ccccc3)C/C(=C\C(=O)OC)C2=O)C1. The summed E-state index contributed by atoms with van der Waals surface area (Å²) in [5.74, 6) is -2.43. The number of hydrogen-bond donors (Lipinski definition) is 1.